The minimum Gasteiger partial charge on any atom is -0.147 e. The first-order chi connectivity index (χ1) is 7.66. The molecule has 0 fully saturated rings. The molecule has 1 radical (unpaired) electrons. The average Bonchev–Trinajstić information content (AvgIpc) is 2.29. The molecule has 1 rings (SSSR count). The third kappa shape index (κ3) is 5.60. The molecule has 17 heavy (non-hydrogen) atoms. The molecule has 0 aliphatic rings. The van der Waals surface area contributed by atoms with Crippen LogP contribution < -0.4 is 9.31 Å². The standard InChI is InChI=1S/C8H10N.C4H9O.CH3.ClH.Sn/c1-7(9)8-5-3-2-4-6-8;1-2-3-4-5;;;/h2-5,7H,9H2,1H3;2-4H2,1H3;1H3;1H;/q;-1;;;+1. The van der Waals surface area contributed by atoms with Crippen molar-refractivity contribution in [2.24, 2.45) is 5.73 Å². The van der Waals surface area contributed by atoms with Gasteiger partial charge in [-0.3, -0.25) is 0 Å². The van der Waals surface area contributed by atoms with Crippen LogP contribution in [0.5, 0.6) is 0 Å². The Bertz CT molecular complexity index is 320. The molecule has 4 heteroatoms. The first-order valence-electron chi connectivity index (χ1n) is 5.98. The predicted molar refractivity (Wildman–Crippen MR) is 78.4 cm³/mol. The molecule has 1 unspecified atom stereocenters. The summed E-state index contributed by atoms with van der Waals surface area (Å²) in [4.78, 5) is 2.29. The van der Waals surface area contributed by atoms with E-state index in [1.54, 1.807) is 0 Å². The predicted octanol–water partition coefficient (Wildman–Crippen LogP) is 2.77. The van der Waals surface area contributed by atoms with E-state index < -0.39 is 20.2 Å². The van der Waals surface area contributed by atoms with Crippen LogP contribution in [0.25, 0.3) is 0 Å². The fourth-order valence-electron chi connectivity index (χ4n) is 1.66. The zero-order chi connectivity index (χ0) is 12.0. The van der Waals surface area contributed by atoms with Gasteiger partial charge in [0.15, 0.2) is 0 Å². The molecule has 0 aromatic heterocycles. The summed E-state index contributed by atoms with van der Waals surface area (Å²) in [6.45, 7) is 5.15. The van der Waals surface area contributed by atoms with Crippen LogP contribution in [-0.4, -0.2) is 26.8 Å². The zero-order valence-electron chi connectivity index (χ0n) is 10.9. The average molecular weight is 363 g/mol. The van der Waals surface area contributed by atoms with Crippen molar-refractivity contribution in [1.29, 1.82) is 0 Å². The van der Waals surface area contributed by atoms with Gasteiger partial charge in [-0.05, 0) is 0 Å². The largest absolute Gasteiger partial charge is 0.147 e. The Morgan fingerprint density at radius 1 is 1.35 bits per heavy atom. The summed E-state index contributed by atoms with van der Waals surface area (Å²) in [5.41, 5.74) is 7.26. The van der Waals surface area contributed by atoms with E-state index in [9.17, 15) is 0 Å². The number of hydrogen-bond donors (Lipinski definition) is 1. The van der Waals surface area contributed by atoms with Crippen LogP contribution >= 0.6 is 12.4 Å². The molecule has 0 heterocycles. The topological polar surface area (TPSA) is 35.2 Å². The Hall–Kier alpha value is 0.229. The summed E-state index contributed by atoms with van der Waals surface area (Å²) in [5, 5.41) is 0. The molecule has 0 aliphatic carbocycles. The van der Waals surface area contributed by atoms with Gasteiger partial charge in [0.2, 0.25) is 0 Å². The van der Waals surface area contributed by atoms with E-state index in [4.69, 9.17) is 8.81 Å². The number of halogens is 1. The van der Waals surface area contributed by atoms with Crippen molar-refractivity contribution in [3.05, 3.63) is 29.8 Å². The molecule has 0 aliphatic heterocycles. The van der Waals surface area contributed by atoms with Gasteiger partial charge in [0.25, 0.3) is 0 Å². The van der Waals surface area contributed by atoms with E-state index in [1.165, 1.54) is 15.6 Å². The molecular formula is C13H23ClNOSn. The van der Waals surface area contributed by atoms with Crippen molar-refractivity contribution in [3.63, 3.8) is 0 Å². The minimum absolute atomic E-state index is 0. The van der Waals surface area contributed by atoms with E-state index in [0.717, 1.165) is 13.0 Å². The molecule has 1 aromatic rings. The molecule has 2 nitrogen and oxygen atoms in total. The second-order valence-corrected chi connectivity index (χ2v) is 9.67. The van der Waals surface area contributed by atoms with Crippen molar-refractivity contribution >= 4 is 36.2 Å². The Morgan fingerprint density at radius 3 is 2.59 bits per heavy atom. The van der Waals surface area contributed by atoms with Gasteiger partial charge in [-0.2, -0.15) is 0 Å². The van der Waals surface area contributed by atoms with Crippen LogP contribution in [0.3, 0.4) is 0 Å². The van der Waals surface area contributed by atoms with Gasteiger partial charge in [0.1, 0.15) is 0 Å². The molecule has 0 spiro atoms. The molecule has 1 aromatic carbocycles. The second-order valence-electron chi connectivity index (χ2n) is 4.13. The normalized spacial score (nSPS) is 12.3. The fraction of sp³-hybridized carbons (Fsp3) is 0.538. The third-order valence-corrected chi connectivity index (χ3v) is 7.93. The summed E-state index contributed by atoms with van der Waals surface area (Å²) in [6.07, 6.45) is 2.36. The van der Waals surface area contributed by atoms with Crippen molar-refractivity contribution in [2.75, 3.05) is 6.61 Å². The molecule has 0 saturated carbocycles. The maximum Gasteiger partial charge on any atom is -0.147 e. The van der Waals surface area contributed by atoms with Crippen molar-refractivity contribution in [1.82, 2.24) is 0 Å². The fourth-order valence-corrected chi connectivity index (χ4v) is 6.38. The van der Waals surface area contributed by atoms with Gasteiger partial charge in [-0.25, -0.2) is 0 Å². The summed E-state index contributed by atoms with van der Waals surface area (Å²) >= 11 is -1.85. The minimum atomic E-state index is -1.85. The van der Waals surface area contributed by atoms with Crippen LogP contribution in [0.15, 0.2) is 24.3 Å². The van der Waals surface area contributed by atoms with Gasteiger partial charge >= 0.3 is 107 Å². The van der Waals surface area contributed by atoms with Gasteiger partial charge in [0, 0.05) is 0 Å². The maximum atomic E-state index is 6.00. The monoisotopic (exact) mass is 364 g/mol. The summed E-state index contributed by atoms with van der Waals surface area (Å²) in [6, 6.07) is 8.59. The van der Waals surface area contributed by atoms with Crippen molar-refractivity contribution in [3.8, 4) is 0 Å². The molecule has 1 atom stereocenters. The van der Waals surface area contributed by atoms with Gasteiger partial charge in [-0.15, -0.1) is 12.4 Å². The van der Waals surface area contributed by atoms with Crippen molar-refractivity contribution in [2.45, 2.75) is 37.7 Å². The van der Waals surface area contributed by atoms with Crippen LogP contribution in [-0.2, 0) is 3.07 Å². The zero-order valence-corrected chi connectivity index (χ0v) is 14.6. The van der Waals surface area contributed by atoms with Crippen molar-refractivity contribution < 1.29 is 3.07 Å². The maximum absolute atomic E-state index is 6.00. The van der Waals surface area contributed by atoms with Gasteiger partial charge in [-0.1, -0.05) is 0 Å². The van der Waals surface area contributed by atoms with E-state index in [2.05, 4.69) is 36.1 Å². The van der Waals surface area contributed by atoms with Crippen LogP contribution in [0.2, 0.25) is 4.94 Å². The van der Waals surface area contributed by atoms with Crippen LogP contribution in [0.1, 0.15) is 38.3 Å². The Balaban J connectivity index is 0.00000256. The summed E-state index contributed by atoms with van der Waals surface area (Å²) < 4.78 is 7.41. The van der Waals surface area contributed by atoms with Gasteiger partial charge in [0.05, 0.1) is 0 Å². The number of hydrogen-bond acceptors (Lipinski definition) is 2. The Morgan fingerprint density at radius 2 is 2.00 bits per heavy atom. The van der Waals surface area contributed by atoms with E-state index in [0.29, 0.717) is 0 Å². The quantitative estimate of drug-likeness (QED) is 0.623. The first-order valence-corrected chi connectivity index (χ1v) is 11.4. The summed E-state index contributed by atoms with van der Waals surface area (Å²) in [5.74, 6) is 0. The Labute approximate surface area is 119 Å². The molecule has 0 saturated heterocycles. The van der Waals surface area contributed by atoms with E-state index in [-0.39, 0.29) is 18.4 Å². The van der Waals surface area contributed by atoms with Crippen LogP contribution in [0, 0.1) is 0 Å². The Kier molecular flexibility index (Phi) is 9.32. The summed E-state index contributed by atoms with van der Waals surface area (Å²) in [7, 11) is 0. The number of rotatable bonds is 6. The molecule has 0 bridgehead atoms. The molecule has 2 N–H and O–H groups in total. The molecule has 0 amide bonds. The number of unbranched alkanes of at least 4 members (excludes halogenated alkanes) is 1. The van der Waals surface area contributed by atoms with Crippen LogP contribution in [0.4, 0.5) is 0 Å². The smallest absolute Gasteiger partial charge is 0.147 e. The second kappa shape index (κ2) is 9.20. The third-order valence-electron chi connectivity index (χ3n) is 2.65. The molecule has 97 valence electrons. The van der Waals surface area contributed by atoms with E-state index in [1.807, 2.05) is 6.92 Å². The molecular weight excluding hydrogens is 340 g/mol. The van der Waals surface area contributed by atoms with E-state index >= 15 is 0 Å². The van der Waals surface area contributed by atoms with Gasteiger partial charge < -0.3 is 0 Å². The first kappa shape index (κ1) is 17.2. The SMILES string of the molecule is CCCC[O][Sn]([CH3])[c]1ccccc1C(C)N.Cl. The number of nitrogens with two attached hydrogens (primary N) is 1. The number of benzene rings is 1.